The van der Waals surface area contributed by atoms with Crippen molar-refractivity contribution in [3.05, 3.63) is 303 Å². The molecule has 12 aromatic rings. The first-order valence-corrected chi connectivity index (χ1v) is 31.5. The summed E-state index contributed by atoms with van der Waals surface area (Å²) in [5.74, 6) is 0. The zero-order valence-corrected chi connectivity index (χ0v) is 47.3. The highest BCUT2D eigenvalue weighted by Crippen LogP contribution is 2.82. The topological polar surface area (TPSA) is 3.24 Å². The Morgan fingerprint density at radius 1 is 0.263 bits per heavy atom. The summed E-state index contributed by atoms with van der Waals surface area (Å²) in [7, 11) is -4.03. The molecule has 0 spiro atoms. The molecule has 3 aliphatic rings. The minimum absolute atomic E-state index is 0.0961. The first-order valence-electron chi connectivity index (χ1n) is 28.2. The van der Waals surface area contributed by atoms with Crippen molar-refractivity contribution in [3.8, 4) is 44.5 Å². The normalized spacial score (nSPS) is 14.2. The molecule has 0 aliphatic carbocycles. The number of anilines is 3. The van der Waals surface area contributed by atoms with Crippen molar-refractivity contribution in [2.45, 2.75) is 66.9 Å². The quantitative estimate of drug-likeness (QED) is 0.137. The van der Waals surface area contributed by atoms with Gasteiger partial charge in [0.2, 0.25) is 6.71 Å². The monoisotopic (exact) mass is 1060 g/mol. The summed E-state index contributed by atoms with van der Waals surface area (Å²) in [5, 5.41) is 0. The van der Waals surface area contributed by atoms with E-state index in [4.69, 9.17) is 0 Å². The number of hydrogen-bond acceptors (Lipinski definition) is 1. The van der Waals surface area contributed by atoms with Crippen LogP contribution in [0.2, 0.25) is 0 Å². The third-order valence-electron chi connectivity index (χ3n) is 16.0. The van der Waals surface area contributed by atoms with Gasteiger partial charge in [-0.1, -0.05) is 239 Å². The average Bonchev–Trinajstić information content (AvgIpc) is 4.21. The third-order valence-corrected chi connectivity index (χ3v) is 23.9. The zero-order valence-electron chi connectivity index (χ0n) is 45.7. The molecule has 0 bridgehead atoms. The summed E-state index contributed by atoms with van der Waals surface area (Å²) in [4.78, 5) is 13.5. The van der Waals surface area contributed by atoms with Crippen LogP contribution in [-0.4, -0.2) is 6.71 Å². The summed E-state index contributed by atoms with van der Waals surface area (Å²) in [5.41, 5.74) is 17.5. The molecule has 0 saturated heterocycles. The van der Waals surface area contributed by atoms with E-state index in [-0.39, 0.29) is 6.71 Å². The Morgan fingerprint density at radius 3 is 0.912 bits per heavy atom. The highest BCUT2D eigenvalue weighted by atomic mass is 32.3. The smallest absolute Gasteiger partial charge is 0.246 e. The van der Waals surface area contributed by atoms with E-state index in [2.05, 4.69) is 308 Å². The van der Waals surface area contributed by atoms with Crippen molar-refractivity contribution in [1.82, 2.24) is 0 Å². The third kappa shape index (κ3) is 7.95. The van der Waals surface area contributed by atoms with Gasteiger partial charge in [0.1, 0.15) is 0 Å². The van der Waals surface area contributed by atoms with E-state index in [0.29, 0.717) is 0 Å². The van der Waals surface area contributed by atoms with E-state index in [0.717, 1.165) is 5.69 Å². The van der Waals surface area contributed by atoms with Gasteiger partial charge in [0.25, 0.3) is 0 Å². The van der Waals surface area contributed by atoms with Crippen LogP contribution >= 0.6 is 20.1 Å². The molecule has 80 heavy (non-hydrogen) atoms. The predicted octanol–water partition coefficient (Wildman–Crippen LogP) is 20.0. The van der Waals surface area contributed by atoms with Gasteiger partial charge in [0.05, 0.1) is 0 Å². The molecule has 0 amide bonds. The Labute approximate surface area is 476 Å². The highest BCUT2D eigenvalue weighted by molar-refractivity contribution is 8.34. The number of fused-ring (bicyclic) bond motifs is 8. The molecule has 0 fully saturated rings. The van der Waals surface area contributed by atoms with Crippen LogP contribution in [0.15, 0.2) is 342 Å². The molecule has 0 N–H and O–H groups in total. The standard InChI is InChI=1S/C72H50BNS2.2C2H6/c1-9-25-51(26-10-1)53-41-43-69-61(45-53)63-47-67-65(49-71(63)75(69,57-33-17-5-18-34-57)58-35-19-6-20-36-58)73(55-29-13-3-14-30-55)66-50-72-64(48-68(66)74(67)56-31-15-4-16-32-56)62-46-54(52-27-11-2-12-28-52)42-44-70(62)76(72,59-37-21-7-22-38-59)60-39-23-8-24-40-60;2*1-2/h1-50H;2*1-2H3. The lowest BCUT2D eigenvalue weighted by Crippen LogP contribution is -2.57. The van der Waals surface area contributed by atoms with Crippen LogP contribution in [0.3, 0.4) is 0 Å². The van der Waals surface area contributed by atoms with E-state index >= 15 is 0 Å². The van der Waals surface area contributed by atoms with Crippen LogP contribution in [0.25, 0.3) is 44.5 Å². The van der Waals surface area contributed by atoms with Gasteiger partial charge in [-0.3, -0.25) is 0 Å². The Morgan fingerprint density at radius 2 is 0.562 bits per heavy atom. The molecule has 386 valence electrons. The van der Waals surface area contributed by atoms with Gasteiger partial charge in [0.15, 0.2) is 0 Å². The maximum Gasteiger partial charge on any atom is 0.246 e. The Balaban J connectivity index is 0.00000148. The first-order chi connectivity index (χ1) is 39.7. The van der Waals surface area contributed by atoms with Gasteiger partial charge >= 0.3 is 0 Å². The largest absolute Gasteiger partial charge is 0.311 e. The Hall–Kier alpha value is -8.80. The van der Waals surface area contributed by atoms with Gasteiger partial charge in [-0.2, -0.15) is 0 Å². The molecule has 4 heteroatoms. The summed E-state index contributed by atoms with van der Waals surface area (Å²) in [6.07, 6.45) is 0. The number of rotatable bonds is 8. The predicted molar refractivity (Wildman–Crippen MR) is 344 cm³/mol. The fourth-order valence-electron chi connectivity index (χ4n) is 12.8. The minimum Gasteiger partial charge on any atom is -0.311 e. The Bertz CT molecular complexity index is 3830. The SMILES string of the molecule is CC.CC.c1ccc(B2c3cc4c(cc3N(c3ccccc3)c3cc5c(cc32)S(c2ccccc2)(c2ccccc2)c2ccc(-c3ccccc3)cc2-5)-c2cc(-c3ccccc3)ccc2S4(c2ccccc2)c2ccccc2)cc1. The van der Waals surface area contributed by atoms with Crippen LogP contribution in [-0.2, 0) is 0 Å². The van der Waals surface area contributed by atoms with Crippen LogP contribution in [0.1, 0.15) is 27.7 Å². The number of nitrogens with zero attached hydrogens (tertiary/aromatic N) is 1. The van der Waals surface area contributed by atoms with Gasteiger partial charge in [0, 0.05) is 56.2 Å². The van der Waals surface area contributed by atoms with Gasteiger partial charge < -0.3 is 4.90 Å². The maximum atomic E-state index is 2.67. The van der Waals surface area contributed by atoms with E-state index < -0.39 is 20.1 Å². The maximum absolute atomic E-state index is 2.67. The van der Waals surface area contributed by atoms with Crippen LogP contribution in [0.4, 0.5) is 17.1 Å². The average molecular weight is 1060 g/mol. The second kappa shape index (κ2) is 21.4. The lowest BCUT2D eigenvalue weighted by Gasteiger charge is -2.43. The van der Waals surface area contributed by atoms with Crippen LogP contribution in [0, 0.1) is 0 Å². The zero-order chi connectivity index (χ0) is 54.2. The summed E-state index contributed by atoms with van der Waals surface area (Å²) >= 11 is 0. The Kier molecular flexibility index (Phi) is 13.6. The molecular formula is C76H62BNS2. The molecule has 3 heterocycles. The molecular weight excluding hydrogens is 1000 g/mol. The first kappa shape index (κ1) is 50.7. The molecule has 15 rings (SSSR count). The van der Waals surface area contributed by atoms with Crippen LogP contribution in [0.5, 0.6) is 0 Å². The number of hydrogen-bond donors (Lipinski definition) is 0. The fourth-order valence-corrected chi connectivity index (χ4v) is 21.2. The van der Waals surface area contributed by atoms with E-state index in [9.17, 15) is 0 Å². The second-order valence-corrected chi connectivity index (χ2v) is 26.1. The second-order valence-electron chi connectivity index (χ2n) is 20.0. The minimum atomic E-state index is -2.01. The highest BCUT2D eigenvalue weighted by Gasteiger charge is 2.48. The molecule has 0 aromatic heterocycles. The lowest BCUT2D eigenvalue weighted by molar-refractivity contribution is 1.26. The molecule has 0 unspecified atom stereocenters. The van der Waals surface area contributed by atoms with Gasteiger partial charge in [-0.15, -0.1) is 20.1 Å². The van der Waals surface area contributed by atoms with E-state index in [1.54, 1.807) is 0 Å². The van der Waals surface area contributed by atoms with Gasteiger partial charge in [-0.05, 0) is 152 Å². The molecule has 1 nitrogen and oxygen atoms in total. The summed E-state index contributed by atoms with van der Waals surface area (Å²) in [6.45, 7) is 7.90. The van der Waals surface area contributed by atoms with Crippen molar-refractivity contribution in [2.24, 2.45) is 0 Å². The summed E-state index contributed by atoms with van der Waals surface area (Å²) < 4.78 is 0. The number of para-hydroxylation sites is 1. The van der Waals surface area contributed by atoms with Crippen LogP contribution < -0.4 is 21.3 Å². The van der Waals surface area contributed by atoms with Crippen molar-refractivity contribution >= 4 is 60.2 Å². The molecule has 12 aromatic carbocycles. The molecule has 0 radical (unpaired) electrons. The molecule has 0 saturated carbocycles. The van der Waals surface area contributed by atoms with Crippen molar-refractivity contribution in [3.63, 3.8) is 0 Å². The van der Waals surface area contributed by atoms with Crippen molar-refractivity contribution in [2.75, 3.05) is 4.90 Å². The lowest BCUT2D eigenvalue weighted by atomic mass is 9.35. The molecule has 3 aliphatic heterocycles. The van der Waals surface area contributed by atoms with E-state index in [1.807, 2.05) is 27.7 Å². The van der Waals surface area contributed by atoms with Gasteiger partial charge in [-0.25, -0.2) is 0 Å². The number of benzene rings is 12. The fraction of sp³-hybridized carbons (Fsp3) is 0.0526. The molecule has 0 atom stereocenters. The summed E-state index contributed by atoms with van der Waals surface area (Å²) in [6, 6.07) is 115. The van der Waals surface area contributed by atoms with Crippen molar-refractivity contribution in [1.29, 1.82) is 0 Å². The van der Waals surface area contributed by atoms with E-state index in [1.165, 1.54) is 111 Å². The van der Waals surface area contributed by atoms with Crippen molar-refractivity contribution < 1.29 is 0 Å².